The van der Waals surface area contributed by atoms with Gasteiger partial charge in [-0.05, 0) is 45.2 Å². The van der Waals surface area contributed by atoms with Gasteiger partial charge in [-0.3, -0.25) is 9.36 Å². The maximum absolute atomic E-state index is 13.5. The van der Waals surface area contributed by atoms with E-state index < -0.39 is 11.7 Å². The Hall–Kier alpha value is -3.58. The Morgan fingerprint density at radius 2 is 2.15 bits per heavy atom. The highest BCUT2D eigenvalue weighted by Crippen LogP contribution is 2.28. The van der Waals surface area contributed by atoms with E-state index >= 15 is 0 Å². The van der Waals surface area contributed by atoms with Crippen molar-refractivity contribution < 1.29 is 9.53 Å². The van der Waals surface area contributed by atoms with E-state index in [1.165, 1.54) is 11.3 Å². The molecule has 0 radical (unpaired) electrons. The first-order valence-electron chi connectivity index (χ1n) is 11.2. The van der Waals surface area contributed by atoms with Gasteiger partial charge in [0.1, 0.15) is 15.8 Å². The van der Waals surface area contributed by atoms with E-state index in [9.17, 15) is 14.9 Å². The Balaban J connectivity index is 1.70. The molecule has 3 N–H and O–H groups in total. The summed E-state index contributed by atoms with van der Waals surface area (Å²) in [7, 11) is 0. The number of rotatable bonds is 4. The predicted octanol–water partition coefficient (Wildman–Crippen LogP) is 3.45. The van der Waals surface area contributed by atoms with Crippen molar-refractivity contribution in [1.29, 1.82) is 5.26 Å². The number of nitrogens with two attached hydrogens (primary N) is 1. The third kappa shape index (κ3) is 4.99. The van der Waals surface area contributed by atoms with Crippen molar-refractivity contribution in [3.8, 4) is 6.07 Å². The van der Waals surface area contributed by atoms with Crippen molar-refractivity contribution in [3.63, 3.8) is 0 Å². The van der Waals surface area contributed by atoms with Crippen molar-refractivity contribution in [2.24, 2.45) is 0 Å². The first-order valence-corrected chi connectivity index (χ1v) is 12.0. The zero-order valence-electron chi connectivity index (χ0n) is 19.5. The number of carbonyl (C=O) groups is 1. The number of nitrogens with one attached hydrogen (secondary N) is 1. The van der Waals surface area contributed by atoms with Crippen LogP contribution in [0.2, 0.25) is 0 Å². The van der Waals surface area contributed by atoms with Crippen LogP contribution in [-0.4, -0.2) is 40.4 Å². The number of hydrogen-bond donors (Lipinski definition) is 2. The second-order valence-electron chi connectivity index (χ2n) is 9.37. The minimum absolute atomic E-state index is 0.157. The Kier molecular flexibility index (Phi) is 6.48. The van der Waals surface area contributed by atoms with E-state index in [-0.39, 0.29) is 18.1 Å². The summed E-state index contributed by atoms with van der Waals surface area (Å²) in [4.78, 5) is 32.6. The summed E-state index contributed by atoms with van der Waals surface area (Å²) in [6, 6.07) is 9.25. The van der Waals surface area contributed by atoms with E-state index in [0.717, 1.165) is 18.4 Å². The van der Waals surface area contributed by atoms with Crippen LogP contribution in [0.4, 0.5) is 16.4 Å². The first kappa shape index (κ1) is 23.6. The van der Waals surface area contributed by atoms with Gasteiger partial charge in [-0.25, -0.2) is 9.78 Å². The normalized spacial score (nSPS) is 16.3. The van der Waals surface area contributed by atoms with E-state index in [0.29, 0.717) is 40.5 Å². The van der Waals surface area contributed by atoms with Crippen LogP contribution in [-0.2, 0) is 11.3 Å². The van der Waals surface area contributed by atoms with Crippen LogP contribution in [0.25, 0.3) is 10.2 Å². The number of fused-ring (bicyclic) bond motifs is 1. The average Bonchev–Trinajstić information content (AvgIpc) is 3.15. The summed E-state index contributed by atoms with van der Waals surface area (Å²) in [6.07, 6.45) is 1.13. The number of benzene rings is 1. The monoisotopic (exact) mass is 480 g/mol. The topological polar surface area (TPSA) is 126 Å². The second kappa shape index (κ2) is 9.35. The van der Waals surface area contributed by atoms with Crippen LogP contribution >= 0.6 is 11.3 Å². The summed E-state index contributed by atoms with van der Waals surface area (Å²) in [5.74, 6) is 0.478. The SMILES string of the molecule is CC(C)(C)OC(=O)N[C@@H]1CCCN(c2nc3c(N)csc3c(=O)n2Cc2ccccc2C#N)C1. The molecule has 1 fully saturated rings. The molecule has 1 aliphatic heterocycles. The average molecular weight is 481 g/mol. The largest absolute Gasteiger partial charge is 0.444 e. The molecule has 1 saturated heterocycles. The maximum atomic E-state index is 13.5. The zero-order valence-corrected chi connectivity index (χ0v) is 20.3. The minimum Gasteiger partial charge on any atom is -0.444 e. The van der Waals surface area contributed by atoms with E-state index in [4.69, 9.17) is 15.5 Å². The zero-order chi connectivity index (χ0) is 24.5. The molecule has 0 saturated carbocycles. The van der Waals surface area contributed by atoms with Gasteiger partial charge in [0.15, 0.2) is 0 Å². The quantitative estimate of drug-likeness (QED) is 0.586. The molecule has 0 aliphatic carbocycles. The van der Waals surface area contributed by atoms with Crippen LogP contribution in [0.1, 0.15) is 44.7 Å². The van der Waals surface area contributed by atoms with Gasteiger partial charge in [-0.2, -0.15) is 5.26 Å². The second-order valence-corrected chi connectivity index (χ2v) is 10.3. The molecule has 0 spiro atoms. The number of alkyl carbamates (subject to hydrolysis) is 1. The molecule has 3 heterocycles. The number of hydrogen-bond acceptors (Lipinski definition) is 8. The maximum Gasteiger partial charge on any atom is 0.407 e. The molecule has 10 heteroatoms. The molecule has 0 unspecified atom stereocenters. The first-order chi connectivity index (χ1) is 16.2. The van der Waals surface area contributed by atoms with Crippen LogP contribution in [0.5, 0.6) is 0 Å². The number of carbonyl (C=O) groups excluding carboxylic acids is 1. The number of nitrogens with zero attached hydrogens (tertiary/aromatic N) is 4. The number of ether oxygens (including phenoxy) is 1. The minimum atomic E-state index is -0.587. The van der Waals surface area contributed by atoms with Crippen molar-refractivity contribution in [1.82, 2.24) is 14.9 Å². The van der Waals surface area contributed by atoms with Gasteiger partial charge in [0, 0.05) is 24.5 Å². The number of amides is 1. The molecule has 1 aromatic carbocycles. The van der Waals surface area contributed by atoms with E-state index in [1.54, 1.807) is 22.1 Å². The molecular weight excluding hydrogens is 452 g/mol. The smallest absolute Gasteiger partial charge is 0.407 e. The fraction of sp³-hybridized carbons (Fsp3) is 0.417. The number of piperidine rings is 1. The molecule has 178 valence electrons. The highest BCUT2D eigenvalue weighted by atomic mass is 32.1. The van der Waals surface area contributed by atoms with Crippen LogP contribution in [0, 0.1) is 11.3 Å². The lowest BCUT2D eigenvalue weighted by molar-refractivity contribution is 0.0499. The highest BCUT2D eigenvalue weighted by molar-refractivity contribution is 7.17. The molecule has 34 heavy (non-hydrogen) atoms. The summed E-state index contributed by atoms with van der Waals surface area (Å²) >= 11 is 1.27. The lowest BCUT2D eigenvalue weighted by atomic mass is 10.1. The molecule has 2 aromatic heterocycles. The van der Waals surface area contributed by atoms with Gasteiger partial charge in [0.05, 0.1) is 23.9 Å². The van der Waals surface area contributed by atoms with Gasteiger partial charge < -0.3 is 20.7 Å². The standard InChI is InChI=1S/C24H28N6O3S/c1-24(2,3)33-23(32)27-17-9-6-10-29(13-17)22-28-19-18(26)14-34-20(19)21(31)30(22)12-16-8-5-4-7-15(16)11-25/h4-5,7-8,14,17H,6,9-10,12-13,26H2,1-3H3,(H,27,32)/t17-/m1/s1. The van der Waals surface area contributed by atoms with E-state index in [2.05, 4.69) is 11.4 Å². The van der Waals surface area contributed by atoms with Crippen molar-refractivity contribution >= 4 is 39.3 Å². The van der Waals surface area contributed by atoms with Crippen molar-refractivity contribution in [3.05, 3.63) is 51.1 Å². The molecule has 3 aromatic rings. The molecular formula is C24H28N6O3S. The third-order valence-electron chi connectivity index (χ3n) is 5.58. The molecule has 9 nitrogen and oxygen atoms in total. The van der Waals surface area contributed by atoms with Gasteiger partial charge in [0.2, 0.25) is 5.95 Å². The summed E-state index contributed by atoms with van der Waals surface area (Å²) in [5.41, 5.74) is 7.51. The van der Waals surface area contributed by atoms with Gasteiger partial charge in [0.25, 0.3) is 5.56 Å². The number of nitrogen functional groups attached to an aromatic ring is 1. The van der Waals surface area contributed by atoms with Crippen LogP contribution in [0.3, 0.4) is 0 Å². The highest BCUT2D eigenvalue weighted by Gasteiger charge is 2.28. The Morgan fingerprint density at radius 3 is 2.88 bits per heavy atom. The third-order valence-corrected chi connectivity index (χ3v) is 6.55. The fourth-order valence-corrected chi connectivity index (χ4v) is 4.92. The number of aromatic nitrogens is 2. The summed E-state index contributed by atoms with van der Waals surface area (Å²) in [6.45, 7) is 6.82. The number of anilines is 2. The molecule has 4 rings (SSSR count). The Morgan fingerprint density at radius 1 is 1.38 bits per heavy atom. The van der Waals surface area contributed by atoms with Crippen molar-refractivity contribution in [2.75, 3.05) is 23.7 Å². The Bertz CT molecular complexity index is 1320. The lowest BCUT2D eigenvalue weighted by Crippen LogP contribution is -2.50. The number of thiophene rings is 1. The van der Waals surface area contributed by atoms with Crippen LogP contribution in [0.15, 0.2) is 34.4 Å². The summed E-state index contributed by atoms with van der Waals surface area (Å²) in [5, 5.41) is 14.2. The molecule has 0 bridgehead atoms. The Labute approximate surface area is 201 Å². The molecule has 1 atom stereocenters. The van der Waals surface area contributed by atoms with Crippen molar-refractivity contribution in [2.45, 2.75) is 51.8 Å². The molecule has 1 amide bonds. The number of nitriles is 1. The molecule has 1 aliphatic rings. The van der Waals surface area contributed by atoms with Gasteiger partial charge >= 0.3 is 6.09 Å². The fourth-order valence-electron chi connectivity index (χ4n) is 4.08. The van der Waals surface area contributed by atoms with Gasteiger partial charge in [-0.15, -0.1) is 11.3 Å². The lowest BCUT2D eigenvalue weighted by Gasteiger charge is -2.35. The van der Waals surface area contributed by atoms with Gasteiger partial charge in [-0.1, -0.05) is 18.2 Å². The summed E-state index contributed by atoms with van der Waals surface area (Å²) < 4.78 is 7.49. The van der Waals surface area contributed by atoms with E-state index in [1.807, 2.05) is 37.8 Å². The van der Waals surface area contributed by atoms with Crippen LogP contribution < -0.4 is 21.5 Å². The predicted molar refractivity (Wildman–Crippen MR) is 133 cm³/mol.